The van der Waals surface area contributed by atoms with Crippen LogP contribution in [0.25, 0.3) is 0 Å². The van der Waals surface area contributed by atoms with Crippen molar-refractivity contribution in [2.45, 2.75) is 71.4 Å². The Bertz CT molecular complexity index is 230. The first kappa shape index (κ1) is 14.5. The van der Waals surface area contributed by atoms with Gasteiger partial charge in [0.15, 0.2) is 0 Å². The van der Waals surface area contributed by atoms with Gasteiger partial charge in [0.25, 0.3) is 0 Å². The van der Waals surface area contributed by atoms with Crippen LogP contribution in [0.3, 0.4) is 0 Å². The fourth-order valence-electron chi connectivity index (χ4n) is 2.48. The van der Waals surface area contributed by atoms with Crippen molar-refractivity contribution in [3.63, 3.8) is 0 Å². The molecule has 17 heavy (non-hydrogen) atoms. The van der Waals surface area contributed by atoms with E-state index in [1.54, 1.807) is 0 Å². The molecule has 0 bridgehead atoms. The smallest absolute Gasteiger partial charge is 0.236 e. The second kappa shape index (κ2) is 7.70. The molecule has 3 unspecified atom stereocenters. The summed E-state index contributed by atoms with van der Waals surface area (Å²) in [6.45, 7) is 7.16. The summed E-state index contributed by atoms with van der Waals surface area (Å²) in [5, 5.41) is 6.42. The first-order valence-corrected chi connectivity index (χ1v) is 7.17. The molecule has 0 aromatic carbocycles. The summed E-state index contributed by atoms with van der Waals surface area (Å²) in [7, 11) is 0. The topological polar surface area (TPSA) is 41.1 Å². The van der Waals surface area contributed by atoms with Crippen molar-refractivity contribution >= 4 is 5.91 Å². The molecule has 0 spiro atoms. The minimum absolute atomic E-state index is 0.0556. The standard InChI is InChI=1S/C14H28N2O/c1-4-10-15-14(17)12(3)16-13-7-5-6-11(2)8-9-13/h11-13,16H,4-10H2,1-3H3,(H,15,17). The van der Waals surface area contributed by atoms with E-state index in [1.165, 1.54) is 32.1 Å². The van der Waals surface area contributed by atoms with Crippen LogP contribution in [-0.2, 0) is 4.79 Å². The number of rotatable bonds is 5. The Kier molecular flexibility index (Phi) is 6.56. The molecule has 1 amide bonds. The third kappa shape index (κ3) is 5.53. The predicted octanol–water partition coefficient (Wildman–Crippen LogP) is 2.46. The molecule has 1 aliphatic rings. The van der Waals surface area contributed by atoms with Crippen LogP contribution in [0.4, 0.5) is 0 Å². The average molecular weight is 240 g/mol. The Hall–Kier alpha value is -0.570. The molecule has 1 fully saturated rings. The largest absolute Gasteiger partial charge is 0.355 e. The van der Waals surface area contributed by atoms with Crippen LogP contribution in [0.15, 0.2) is 0 Å². The highest BCUT2D eigenvalue weighted by molar-refractivity contribution is 5.81. The normalized spacial score (nSPS) is 27.2. The molecule has 0 aromatic rings. The Morgan fingerprint density at radius 2 is 2.06 bits per heavy atom. The number of carbonyl (C=O) groups excluding carboxylic acids is 1. The van der Waals surface area contributed by atoms with Crippen LogP contribution in [0, 0.1) is 5.92 Å². The maximum absolute atomic E-state index is 11.8. The highest BCUT2D eigenvalue weighted by atomic mass is 16.2. The monoisotopic (exact) mass is 240 g/mol. The van der Waals surface area contributed by atoms with Crippen molar-refractivity contribution in [3.8, 4) is 0 Å². The van der Waals surface area contributed by atoms with Crippen molar-refractivity contribution in [2.24, 2.45) is 5.92 Å². The minimum Gasteiger partial charge on any atom is -0.355 e. The summed E-state index contributed by atoms with van der Waals surface area (Å²) < 4.78 is 0. The van der Waals surface area contributed by atoms with E-state index in [1.807, 2.05) is 6.92 Å². The van der Waals surface area contributed by atoms with Crippen molar-refractivity contribution in [2.75, 3.05) is 6.54 Å². The van der Waals surface area contributed by atoms with E-state index in [9.17, 15) is 4.79 Å². The van der Waals surface area contributed by atoms with Crippen LogP contribution in [-0.4, -0.2) is 24.5 Å². The van der Waals surface area contributed by atoms with E-state index < -0.39 is 0 Å². The molecule has 1 saturated carbocycles. The molecule has 0 aliphatic heterocycles. The van der Waals surface area contributed by atoms with Crippen molar-refractivity contribution in [3.05, 3.63) is 0 Å². The molecule has 0 aromatic heterocycles. The van der Waals surface area contributed by atoms with E-state index >= 15 is 0 Å². The summed E-state index contributed by atoms with van der Waals surface area (Å²) >= 11 is 0. The zero-order valence-electron chi connectivity index (χ0n) is 11.6. The van der Waals surface area contributed by atoms with E-state index in [2.05, 4.69) is 24.5 Å². The lowest BCUT2D eigenvalue weighted by atomic mass is 10.0. The van der Waals surface area contributed by atoms with E-state index in [4.69, 9.17) is 0 Å². The van der Waals surface area contributed by atoms with Crippen molar-refractivity contribution in [1.82, 2.24) is 10.6 Å². The number of hydrogen-bond donors (Lipinski definition) is 2. The van der Waals surface area contributed by atoms with E-state index in [0.717, 1.165) is 18.9 Å². The van der Waals surface area contributed by atoms with E-state index in [-0.39, 0.29) is 11.9 Å². The van der Waals surface area contributed by atoms with Gasteiger partial charge in [0, 0.05) is 12.6 Å². The molecule has 3 nitrogen and oxygen atoms in total. The minimum atomic E-state index is -0.0556. The lowest BCUT2D eigenvalue weighted by Crippen LogP contribution is -2.46. The van der Waals surface area contributed by atoms with E-state index in [0.29, 0.717) is 6.04 Å². The van der Waals surface area contributed by atoms with Crippen molar-refractivity contribution in [1.29, 1.82) is 0 Å². The second-order valence-electron chi connectivity index (χ2n) is 5.49. The maximum atomic E-state index is 11.8. The van der Waals surface area contributed by atoms with Gasteiger partial charge in [0.05, 0.1) is 6.04 Å². The Morgan fingerprint density at radius 1 is 1.29 bits per heavy atom. The maximum Gasteiger partial charge on any atom is 0.236 e. The quantitative estimate of drug-likeness (QED) is 0.725. The van der Waals surface area contributed by atoms with Crippen LogP contribution < -0.4 is 10.6 Å². The number of nitrogens with one attached hydrogen (secondary N) is 2. The van der Waals surface area contributed by atoms with Gasteiger partial charge < -0.3 is 10.6 Å². The fourth-order valence-corrected chi connectivity index (χ4v) is 2.48. The Morgan fingerprint density at radius 3 is 2.76 bits per heavy atom. The lowest BCUT2D eigenvalue weighted by Gasteiger charge is -2.21. The first-order valence-electron chi connectivity index (χ1n) is 7.17. The van der Waals surface area contributed by atoms with Gasteiger partial charge in [-0.1, -0.05) is 26.7 Å². The molecule has 2 N–H and O–H groups in total. The summed E-state index contributed by atoms with van der Waals surface area (Å²) in [6, 6.07) is 0.474. The van der Waals surface area contributed by atoms with Gasteiger partial charge in [0.2, 0.25) is 5.91 Å². The summed E-state index contributed by atoms with van der Waals surface area (Å²) in [5.41, 5.74) is 0. The summed E-state index contributed by atoms with van der Waals surface area (Å²) in [4.78, 5) is 11.8. The van der Waals surface area contributed by atoms with Gasteiger partial charge in [-0.15, -0.1) is 0 Å². The Labute approximate surface area is 106 Å². The lowest BCUT2D eigenvalue weighted by molar-refractivity contribution is -0.122. The third-order valence-corrected chi connectivity index (χ3v) is 3.69. The predicted molar refractivity (Wildman–Crippen MR) is 71.9 cm³/mol. The number of amides is 1. The zero-order valence-corrected chi connectivity index (χ0v) is 11.6. The first-order chi connectivity index (χ1) is 8.13. The fraction of sp³-hybridized carbons (Fsp3) is 0.929. The molecule has 3 atom stereocenters. The molecule has 0 saturated heterocycles. The second-order valence-corrected chi connectivity index (χ2v) is 5.49. The summed E-state index contributed by atoms with van der Waals surface area (Å²) in [6.07, 6.45) is 7.36. The van der Waals surface area contributed by atoms with Crippen LogP contribution >= 0.6 is 0 Å². The van der Waals surface area contributed by atoms with Crippen LogP contribution in [0.2, 0.25) is 0 Å². The van der Waals surface area contributed by atoms with Gasteiger partial charge in [-0.3, -0.25) is 4.79 Å². The van der Waals surface area contributed by atoms with Gasteiger partial charge in [0.1, 0.15) is 0 Å². The van der Waals surface area contributed by atoms with Gasteiger partial charge in [-0.25, -0.2) is 0 Å². The molecule has 0 heterocycles. The summed E-state index contributed by atoms with van der Waals surface area (Å²) in [5.74, 6) is 0.996. The average Bonchev–Trinajstić information content (AvgIpc) is 2.51. The molecule has 1 aliphatic carbocycles. The van der Waals surface area contributed by atoms with Gasteiger partial charge in [-0.2, -0.15) is 0 Å². The molecule has 0 radical (unpaired) electrons. The highest BCUT2D eigenvalue weighted by Gasteiger charge is 2.20. The number of carbonyl (C=O) groups is 1. The zero-order chi connectivity index (χ0) is 12.7. The van der Waals surface area contributed by atoms with Crippen LogP contribution in [0.5, 0.6) is 0 Å². The molecule has 100 valence electrons. The van der Waals surface area contributed by atoms with Gasteiger partial charge >= 0.3 is 0 Å². The van der Waals surface area contributed by atoms with Crippen molar-refractivity contribution < 1.29 is 4.79 Å². The molecular formula is C14H28N2O. The highest BCUT2D eigenvalue weighted by Crippen LogP contribution is 2.22. The van der Waals surface area contributed by atoms with Gasteiger partial charge in [-0.05, 0) is 38.5 Å². The third-order valence-electron chi connectivity index (χ3n) is 3.69. The Balaban J connectivity index is 2.29. The van der Waals surface area contributed by atoms with Crippen LogP contribution in [0.1, 0.15) is 59.3 Å². The number of hydrogen-bond acceptors (Lipinski definition) is 2. The SMILES string of the molecule is CCCNC(=O)C(C)NC1CCCC(C)CC1. The molecule has 1 rings (SSSR count). The molecular weight excluding hydrogens is 212 g/mol. The molecule has 3 heteroatoms.